The fourth-order valence-electron chi connectivity index (χ4n) is 5.66. The van der Waals surface area contributed by atoms with Crippen molar-refractivity contribution in [3.8, 4) is 0 Å². The van der Waals surface area contributed by atoms with Crippen molar-refractivity contribution in [3.63, 3.8) is 0 Å². The van der Waals surface area contributed by atoms with Gasteiger partial charge in [0, 0.05) is 0 Å². The van der Waals surface area contributed by atoms with Crippen LogP contribution < -0.4 is 31.8 Å². The summed E-state index contributed by atoms with van der Waals surface area (Å²) >= 11 is -2.74. The second-order valence-corrected chi connectivity index (χ2v) is 41.6. The summed E-state index contributed by atoms with van der Waals surface area (Å²) in [5.41, 5.74) is -5.43. The van der Waals surface area contributed by atoms with Crippen molar-refractivity contribution < 1.29 is 14.5 Å². The SMILES string of the molecule is [Cl][Ir]([PH](c1ccccc1)(c1ccccc1)c1ccccc1)[PH](c1ccccc1)(c1ccccc1)c1ccccc1. The molecule has 0 N–H and O–H groups in total. The van der Waals surface area contributed by atoms with E-state index in [0.29, 0.717) is 0 Å². The average molecular weight is 754 g/mol. The van der Waals surface area contributed by atoms with Gasteiger partial charge in [0.25, 0.3) is 0 Å². The molecule has 0 aliphatic heterocycles. The van der Waals surface area contributed by atoms with Gasteiger partial charge >= 0.3 is 249 Å². The monoisotopic (exact) mass is 754 g/mol. The van der Waals surface area contributed by atoms with Crippen molar-refractivity contribution in [2.75, 3.05) is 0 Å². The Labute approximate surface area is 247 Å². The van der Waals surface area contributed by atoms with Gasteiger partial charge < -0.3 is 0 Å². The van der Waals surface area contributed by atoms with Crippen LogP contribution in [0.25, 0.3) is 0 Å². The second kappa shape index (κ2) is 12.3. The molecule has 0 unspecified atom stereocenters. The van der Waals surface area contributed by atoms with E-state index in [4.69, 9.17) is 9.58 Å². The predicted octanol–water partition coefficient (Wildman–Crippen LogP) is 7.04. The summed E-state index contributed by atoms with van der Waals surface area (Å²) in [6, 6.07) is 67.3. The number of halogens is 1. The fraction of sp³-hybridized carbons (Fsp3) is 0. The Morgan fingerprint density at radius 2 is 0.425 bits per heavy atom. The molecule has 6 rings (SSSR count). The summed E-state index contributed by atoms with van der Waals surface area (Å²) in [7, 11) is 8.62. The topological polar surface area (TPSA) is 0 Å². The van der Waals surface area contributed by atoms with Crippen molar-refractivity contribution in [2.24, 2.45) is 0 Å². The van der Waals surface area contributed by atoms with E-state index < -0.39 is 25.5 Å². The van der Waals surface area contributed by atoms with Crippen molar-refractivity contribution in [1.82, 2.24) is 0 Å². The summed E-state index contributed by atoms with van der Waals surface area (Å²) in [6.07, 6.45) is 0. The van der Waals surface area contributed by atoms with Crippen LogP contribution in [0.3, 0.4) is 0 Å². The van der Waals surface area contributed by atoms with Gasteiger partial charge in [-0.2, -0.15) is 0 Å². The molecule has 0 saturated carbocycles. The summed E-state index contributed by atoms with van der Waals surface area (Å²) in [6.45, 7) is 0. The van der Waals surface area contributed by atoms with Gasteiger partial charge in [-0.15, -0.1) is 0 Å². The Bertz CT molecular complexity index is 1310. The van der Waals surface area contributed by atoms with Gasteiger partial charge in [-0.25, -0.2) is 0 Å². The van der Waals surface area contributed by atoms with E-state index >= 15 is 0 Å². The van der Waals surface area contributed by atoms with Crippen LogP contribution in [-0.4, -0.2) is 0 Å². The Balaban J connectivity index is 1.81. The van der Waals surface area contributed by atoms with Crippen molar-refractivity contribution in [2.45, 2.75) is 0 Å². The number of hydrogen-bond acceptors (Lipinski definition) is 0. The molecular formula is C36H32ClIrP2. The van der Waals surface area contributed by atoms with Gasteiger partial charge in [0.15, 0.2) is 0 Å². The van der Waals surface area contributed by atoms with Gasteiger partial charge in [0.05, 0.1) is 0 Å². The van der Waals surface area contributed by atoms with Gasteiger partial charge in [-0.1, -0.05) is 0 Å². The molecule has 202 valence electrons. The average Bonchev–Trinajstić information content (AvgIpc) is 3.05. The molecule has 0 heterocycles. The van der Waals surface area contributed by atoms with Gasteiger partial charge in [-0.05, 0) is 0 Å². The molecule has 0 spiro atoms. The minimum absolute atomic E-state index is 1.40. The van der Waals surface area contributed by atoms with E-state index in [-0.39, 0.29) is 0 Å². The minimum atomic E-state index is -2.74. The molecule has 0 fully saturated rings. The van der Waals surface area contributed by atoms with E-state index in [0.717, 1.165) is 0 Å². The molecule has 0 aromatic heterocycles. The number of benzene rings is 6. The quantitative estimate of drug-likeness (QED) is 0.147. The van der Waals surface area contributed by atoms with Crippen LogP contribution in [0.5, 0.6) is 0 Å². The molecule has 0 radical (unpaired) electrons. The summed E-state index contributed by atoms with van der Waals surface area (Å²) in [5, 5.41) is 8.40. The Morgan fingerprint density at radius 3 is 0.575 bits per heavy atom. The van der Waals surface area contributed by atoms with Crippen LogP contribution in [0.15, 0.2) is 182 Å². The molecule has 0 bridgehead atoms. The number of rotatable bonds is 8. The Kier molecular flexibility index (Phi) is 8.41. The van der Waals surface area contributed by atoms with E-state index in [1.165, 1.54) is 31.8 Å². The first kappa shape index (κ1) is 27.3. The van der Waals surface area contributed by atoms with Gasteiger partial charge in [0.1, 0.15) is 0 Å². The van der Waals surface area contributed by atoms with Crippen molar-refractivity contribution >= 4 is 52.4 Å². The van der Waals surface area contributed by atoms with Crippen LogP contribution in [0.2, 0.25) is 0 Å². The normalized spacial score (nSPS) is 12.9. The molecule has 40 heavy (non-hydrogen) atoms. The van der Waals surface area contributed by atoms with E-state index in [9.17, 15) is 0 Å². The van der Waals surface area contributed by atoms with Crippen LogP contribution in [-0.2, 0) is 14.5 Å². The van der Waals surface area contributed by atoms with E-state index in [2.05, 4.69) is 182 Å². The summed E-state index contributed by atoms with van der Waals surface area (Å²) in [4.78, 5) is 0. The van der Waals surface area contributed by atoms with E-state index in [1.807, 2.05) is 0 Å². The first-order valence-electron chi connectivity index (χ1n) is 13.4. The maximum absolute atomic E-state index is 8.62. The van der Waals surface area contributed by atoms with Crippen LogP contribution in [0.4, 0.5) is 0 Å². The third-order valence-electron chi connectivity index (χ3n) is 7.39. The first-order chi connectivity index (χ1) is 19.8. The molecule has 6 aromatic rings. The molecular weight excluding hydrogens is 722 g/mol. The molecule has 6 aromatic carbocycles. The van der Waals surface area contributed by atoms with Crippen LogP contribution in [0, 0.1) is 0 Å². The van der Waals surface area contributed by atoms with Crippen LogP contribution >= 0.6 is 20.6 Å². The molecule has 0 saturated heterocycles. The zero-order chi connectivity index (χ0) is 27.3. The molecule has 0 aliphatic rings. The Morgan fingerprint density at radius 1 is 0.275 bits per heavy atom. The van der Waals surface area contributed by atoms with Crippen molar-refractivity contribution in [3.05, 3.63) is 182 Å². The summed E-state index contributed by atoms with van der Waals surface area (Å²) < 4.78 is 0. The molecule has 0 nitrogen and oxygen atoms in total. The van der Waals surface area contributed by atoms with E-state index in [1.54, 1.807) is 0 Å². The third-order valence-corrected chi connectivity index (χ3v) is 58.4. The van der Waals surface area contributed by atoms with Gasteiger partial charge in [0.2, 0.25) is 0 Å². The zero-order valence-corrected chi connectivity index (χ0v) is 27.2. The second-order valence-electron chi connectivity index (χ2n) is 9.66. The zero-order valence-electron chi connectivity index (χ0n) is 22.0. The van der Waals surface area contributed by atoms with Crippen molar-refractivity contribution in [1.29, 1.82) is 0 Å². The fourth-order valence-corrected chi connectivity index (χ4v) is 69.1. The molecule has 0 amide bonds. The predicted molar refractivity (Wildman–Crippen MR) is 179 cm³/mol. The maximum atomic E-state index is 8.62. The Hall–Kier alpha value is -2.88. The molecule has 4 heteroatoms. The standard InChI is InChI=1S/2C18H15P.ClH.Ir/c2*1-4-10-16(11-5-1)19(17-12-6-2-7-13-17)18-14-8-3-9-15-18;;/h2*1-15H;1H;/q;;;-1/p+1. The summed E-state index contributed by atoms with van der Waals surface area (Å²) in [5.74, 6) is 0. The molecule has 0 aliphatic carbocycles. The van der Waals surface area contributed by atoms with Gasteiger partial charge in [-0.3, -0.25) is 0 Å². The molecule has 0 atom stereocenters. The first-order valence-corrected chi connectivity index (χ1v) is 27.2. The third kappa shape index (κ3) is 4.71. The van der Waals surface area contributed by atoms with Crippen LogP contribution in [0.1, 0.15) is 0 Å². The number of hydrogen-bond donors (Lipinski definition) is 0.